The Labute approximate surface area is 97.1 Å². The van der Waals surface area contributed by atoms with Gasteiger partial charge in [0.15, 0.2) is 0 Å². The van der Waals surface area contributed by atoms with Gasteiger partial charge in [-0.05, 0) is 34.9 Å². The van der Waals surface area contributed by atoms with Crippen molar-refractivity contribution in [3.63, 3.8) is 0 Å². The van der Waals surface area contributed by atoms with E-state index in [4.69, 9.17) is 0 Å². The largest absolute Gasteiger partial charge is 0.207 e. The van der Waals surface area contributed by atoms with Crippen LogP contribution in [0, 0.1) is 23.3 Å². The number of rotatable bonds is 2. The maximum absolute atomic E-state index is 12.9. The fourth-order valence-electron chi connectivity index (χ4n) is 1.42. The van der Waals surface area contributed by atoms with Crippen molar-refractivity contribution in [2.45, 2.75) is 0 Å². The zero-order valence-electron chi connectivity index (χ0n) is 8.48. The van der Waals surface area contributed by atoms with Crippen molar-refractivity contribution in [1.29, 1.82) is 0 Å². The van der Waals surface area contributed by atoms with Gasteiger partial charge in [-0.1, -0.05) is 8.58 Å². The van der Waals surface area contributed by atoms with Gasteiger partial charge in [0.2, 0.25) is 0 Å². The lowest BCUT2D eigenvalue weighted by Crippen LogP contribution is -2.06. The van der Waals surface area contributed by atoms with E-state index in [1.165, 1.54) is 0 Å². The lowest BCUT2D eigenvalue weighted by molar-refractivity contribution is 0.585. The highest BCUT2D eigenvalue weighted by atomic mass is 31.1. The maximum Gasteiger partial charge on any atom is 0.126 e. The van der Waals surface area contributed by atoms with Gasteiger partial charge in [-0.3, -0.25) is 0 Å². The van der Waals surface area contributed by atoms with Gasteiger partial charge in [0.1, 0.15) is 23.3 Å². The standard InChI is InChI=1S/C12H7F4P/c13-7-1-8(14)4-11(3-7)17-12-5-9(15)2-10(16)6-12/h1-6,17H. The van der Waals surface area contributed by atoms with E-state index >= 15 is 0 Å². The van der Waals surface area contributed by atoms with Crippen LogP contribution in [0.2, 0.25) is 0 Å². The third-order valence-corrected chi connectivity index (χ3v) is 3.17. The van der Waals surface area contributed by atoms with Crippen molar-refractivity contribution in [3.05, 3.63) is 59.7 Å². The first-order valence-electron chi connectivity index (χ1n) is 4.72. The van der Waals surface area contributed by atoms with Crippen LogP contribution in [0.25, 0.3) is 0 Å². The zero-order valence-corrected chi connectivity index (χ0v) is 9.48. The van der Waals surface area contributed by atoms with Gasteiger partial charge in [-0.25, -0.2) is 17.6 Å². The molecule has 5 heteroatoms. The molecule has 2 rings (SSSR count). The lowest BCUT2D eigenvalue weighted by atomic mass is 10.3. The van der Waals surface area contributed by atoms with Gasteiger partial charge in [-0.15, -0.1) is 0 Å². The fraction of sp³-hybridized carbons (Fsp3) is 0. The van der Waals surface area contributed by atoms with E-state index < -0.39 is 23.3 Å². The first-order chi connectivity index (χ1) is 8.02. The molecule has 88 valence electrons. The average molecular weight is 258 g/mol. The Morgan fingerprint density at radius 2 is 0.824 bits per heavy atom. The van der Waals surface area contributed by atoms with Crippen LogP contribution in [-0.4, -0.2) is 0 Å². The molecule has 0 nitrogen and oxygen atoms in total. The Hall–Kier alpha value is -1.41. The summed E-state index contributed by atoms with van der Waals surface area (Å²) in [4.78, 5) is 0. The summed E-state index contributed by atoms with van der Waals surface area (Å²) in [6, 6.07) is 6.07. The lowest BCUT2D eigenvalue weighted by Gasteiger charge is -2.03. The molecule has 17 heavy (non-hydrogen) atoms. The van der Waals surface area contributed by atoms with Crippen LogP contribution in [0.3, 0.4) is 0 Å². The molecular weight excluding hydrogens is 251 g/mol. The van der Waals surface area contributed by atoms with Crippen molar-refractivity contribution in [2.75, 3.05) is 0 Å². The highest BCUT2D eigenvalue weighted by molar-refractivity contribution is 7.55. The minimum absolute atomic E-state index is 0.198. The highest BCUT2D eigenvalue weighted by Crippen LogP contribution is 2.14. The minimum atomic E-state index is -0.704. The number of hydrogen-bond acceptors (Lipinski definition) is 0. The van der Waals surface area contributed by atoms with Gasteiger partial charge in [0.25, 0.3) is 0 Å². The highest BCUT2D eigenvalue weighted by Gasteiger charge is 2.04. The molecule has 0 spiro atoms. The summed E-state index contributed by atoms with van der Waals surface area (Å²) < 4.78 is 51.6. The SMILES string of the molecule is Fc1cc(F)cc(Pc2cc(F)cc(F)c2)c1. The van der Waals surface area contributed by atoms with Crippen molar-refractivity contribution in [2.24, 2.45) is 0 Å². The fourth-order valence-corrected chi connectivity index (χ4v) is 2.59. The second-order valence-electron chi connectivity index (χ2n) is 3.44. The third-order valence-electron chi connectivity index (χ3n) is 2.01. The molecule has 0 aliphatic carbocycles. The van der Waals surface area contributed by atoms with Crippen molar-refractivity contribution < 1.29 is 17.6 Å². The van der Waals surface area contributed by atoms with E-state index in [1.54, 1.807) is 0 Å². The molecular formula is C12H7F4P. The zero-order chi connectivity index (χ0) is 12.4. The van der Waals surface area contributed by atoms with Crippen molar-refractivity contribution in [1.82, 2.24) is 0 Å². The molecule has 0 radical (unpaired) electrons. The van der Waals surface area contributed by atoms with Crippen LogP contribution in [-0.2, 0) is 0 Å². The molecule has 2 aromatic carbocycles. The van der Waals surface area contributed by atoms with E-state index in [0.29, 0.717) is 10.6 Å². The summed E-state index contributed by atoms with van der Waals surface area (Å²) in [5.41, 5.74) is 0. The average Bonchev–Trinajstić information content (AvgIpc) is 2.13. The summed E-state index contributed by atoms with van der Waals surface area (Å²) in [5.74, 6) is -2.82. The molecule has 0 saturated carbocycles. The molecule has 0 amide bonds. The number of halogens is 4. The van der Waals surface area contributed by atoms with Crippen molar-refractivity contribution in [3.8, 4) is 0 Å². The molecule has 0 bridgehead atoms. The molecule has 0 heterocycles. The Bertz CT molecular complexity index is 464. The van der Waals surface area contributed by atoms with Crippen LogP contribution < -0.4 is 10.6 Å². The van der Waals surface area contributed by atoms with Gasteiger partial charge in [0, 0.05) is 12.1 Å². The van der Waals surface area contributed by atoms with Gasteiger partial charge < -0.3 is 0 Å². The monoisotopic (exact) mass is 258 g/mol. The summed E-state index contributed by atoms with van der Waals surface area (Å²) in [5, 5.41) is 0.708. The first-order valence-corrected chi connectivity index (χ1v) is 5.72. The third kappa shape index (κ3) is 3.27. The van der Waals surface area contributed by atoms with Crippen LogP contribution >= 0.6 is 8.58 Å². The Balaban J connectivity index is 2.31. The summed E-state index contributed by atoms with van der Waals surface area (Å²) in [6.45, 7) is 0. The Morgan fingerprint density at radius 3 is 1.12 bits per heavy atom. The maximum atomic E-state index is 12.9. The van der Waals surface area contributed by atoms with E-state index in [2.05, 4.69) is 0 Å². The topological polar surface area (TPSA) is 0 Å². The van der Waals surface area contributed by atoms with Gasteiger partial charge >= 0.3 is 0 Å². The molecule has 2 aromatic rings. The molecule has 0 N–H and O–H groups in total. The van der Waals surface area contributed by atoms with Crippen LogP contribution in [0.4, 0.5) is 17.6 Å². The van der Waals surface area contributed by atoms with E-state index in [1.807, 2.05) is 0 Å². The molecule has 0 saturated heterocycles. The smallest absolute Gasteiger partial charge is 0.126 e. The second kappa shape index (κ2) is 4.84. The summed E-state index contributed by atoms with van der Waals surface area (Å²) >= 11 is 0. The summed E-state index contributed by atoms with van der Waals surface area (Å²) in [7, 11) is -0.198. The molecule has 0 fully saturated rings. The Morgan fingerprint density at radius 1 is 0.529 bits per heavy atom. The molecule has 0 atom stereocenters. The van der Waals surface area contributed by atoms with E-state index in [0.717, 1.165) is 36.4 Å². The van der Waals surface area contributed by atoms with Crippen LogP contribution in [0.5, 0.6) is 0 Å². The number of hydrogen-bond donors (Lipinski definition) is 0. The number of benzene rings is 2. The molecule has 0 aliphatic heterocycles. The molecule has 0 aromatic heterocycles. The van der Waals surface area contributed by atoms with E-state index in [-0.39, 0.29) is 8.58 Å². The van der Waals surface area contributed by atoms with Crippen molar-refractivity contribution >= 4 is 19.2 Å². The Kier molecular flexibility index (Phi) is 3.43. The minimum Gasteiger partial charge on any atom is -0.207 e. The molecule has 0 unspecified atom stereocenters. The predicted molar refractivity (Wildman–Crippen MR) is 60.3 cm³/mol. The predicted octanol–water partition coefficient (Wildman–Crippen LogP) is 2.87. The van der Waals surface area contributed by atoms with Crippen LogP contribution in [0.1, 0.15) is 0 Å². The molecule has 0 aliphatic rings. The summed E-state index contributed by atoms with van der Waals surface area (Å²) in [6.07, 6.45) is 0. The van der Waals surface area contributed by atoms with E-state index in [9.17, 15) is 17.6 Å². The second-order valence-corrected chi connectivity index (χ2v) is 4.85. The normalized spacial score (nSPS) is 10.6. The van der Waals surface area contributed by atoms with Crippen LogP contribution in [0.15, 0.2) is 36.4 Å². The first kappa shape index (κ1) is 12.1. The van der Waals surface area contributed by atoms with Gasteiger partial charge in [-0.2, -0.15) is 0 Å². The van der Waals surface area contributed by atoms with Gasteiger partial charge in [0.05, 0.1) is 0 Å². The quantitative estimate of drug-likeness (QED) is 0.574.